The molecule has 100 valence electrons. The highest BCUT2D eigenvalue weighted by molar-refractivity contribution is 6.30. The Kier molecular flexibility index (Phi) is 5.01. The van der Waals surface area contributed by atoms with E-state index in [0.717, 1.165) is 17.9 Å². The van der Waals surface area contributed by atoms with Gasteiger partial charge < -0.3 is 15.2 Å². The summed E-state index contributed by atoms with van der Waals surface area (Å²) in [5.74, 6) is 0. The van der Waals surface area contributed by atoms with Crippen molar-refractivity contribution < 1.29 is 9.84 Å². The van der Waals surface area contributed by atoms with Crippen LogP contribution in [0.2, 0.25) is 5.02 Å². The number of rotatable bonds is 4. The number of morpholine rings is 1. The summed E-state index contributed by atoms with van der Waals surface area (Å²) in [5, 5.41) is 13.9. The Labute approximate surface area is 113 Å². The number of aliphatic hydroxyl groups excluding tert-OH is 1. The Morgan fingerprint density at radius 2 is 2.17 bits per heavy atom. The van der Waals surface area contributed by atoms with Crippen molar-refractivity contribution in [1.29, 1.82) is 0 Å². The zero-order valence-corrected chi connectivity index (χ0v) is 11.4. The van der Waals surface area contributed by atoms with Crippen molar-refractivity contribution in [3.8, 4) is 0 Å². The van der Waals surface area contributed by atoms with Crippen molar-refractivity contribution in [2.75, 3.05) is 13.2 Å². The summed E-state index contributed by atoms with van der Waals surface area (Å²) in [7, 11) is 0. The van der Waals surface area contributed by atoms with Crippen LogP contribution in [0, 0.1) is 0 Å². The molecule has 0 radical (unpaired) electrons. The first-order valence-corrected chi connectivity index (χ1v) is 6.84. The smallest absolute Gasteiger partial charge is 0.0958 e. The third-order valence-electron chi connectivity index (χ3n) is 3.36. The van der Waals surface area contributed by atoms with Crippen molar-refractivity contribution in [2.24, 2.45) is 0 Å². The Hall–Kier alpha value is -0.610. The molecule has 1 aromatic rings. The molecule has 0 saturated carbocycles. The summed E-state index contributed by atoms with van der Waals surface area (Å²) < 4.78 is 5.70. The largest absolute Gasteiger partial charge is 0.390 e. The van der Waals surface area contributed by atoms with E-state index < -0.39 is 0 Å². The van der Waals surface area contributed by atoms with Gasteiger partial charge >= 0.3 is 0 Å². The minimum atomic E-state index is -0.367. The molecule has 3 atom stereocenters. The van der Waals surface area contributed by atoms with Gasteiger partial charge in [0.25, 0.3) is 0 Å². The maximum atomic E-state index is 9.71. The number of benzene rings is 1. The lowest BCUT2D eigenvalue weighted by molar-refractivity contribution is -0.0669. The number of halogens is 1. The van der Waals surface area contributed by atoms with Crippen LogP contribution in [0.25, 0.3) is 0 Å². The molecule has 1 fully saturated rings. The molecule has 0 aliphatic carbocycles. The average molecular weight is 270 g/mol. The topological polar surface area (TPSA) is 41.5 Å². The van der Waals surface area contributed by atoms with Gasteiger partial charge in [-0.05, 0) is 30.5 Å². The van der Waals surface area contributed by atoms with Gasteiger partial charge in [-0.2, -0.15) is 0 Å². The molecule has 1 heterocycles. The van der Waals surface area contributed by atoms with E-state index in [4.69, 9.17) is 16.3 Å². The highest BCUT2D eigenvalue weighted by atomic mass is 35.5. The van der Waals surface area contributed by atoms with Crippen LogP contribution < -0.4 is 5.32 Å². The predicted octanol–water partition coefficient (Wildman–Crippen LogP) is 2.01. The fourth-order valence-electron chi connectivity index (χ4n) is 2.19. The van der Waals surface area contributed by atoms with Gasteiger partial charge in [-0.15, -0.1) is 0 Å². The summed E-state index contributed by atoms with van der Waals surface area (Å²) in [5.41, 5.74) is 1.25. The van der Waals surface area contributed by atoms with Crippen LogP contribution in [0.15, 0.2) is 24.3 Å². The van der Waals surface area contributed by atoms with Crippen molar-refractivity contribution in [3.63, 3.8) is 0 Å². The number of hydrogen-bond acceptors (Lipinski definition) is 3. The molecule has 1 aromatic carbocycles. The van der Waals surface area contributed by atoms with Crippen LogP contribution in [0.1, 0.15) is 18.9 Å². The Morgan fingerprint density at radius 1 is 1.44 bits per heavy atom. The first kappa shape index (κ1) is 13.8. The van der Waals surface area contributed by atoms with Gasteiger partial charge in [-0.25, -0.2) is 0 Å². The number of nitrogens with one attached hydrogen (secondary N) is 1. The average Bonchev–Trinajstić information content (AvgIpc) is 2.41. The fraction of sp³-hybridized carbons (Fsp3) is 0.571. The summed E-state index contributed by atoms with van der Waals surface area (Å²) in [6.45, 7) is 3.32. The fourth-order valence-corrected chi connectivity index (χ4v) is 2.31. The zero-order chi connectivity index (χ0) is 13.0. The van der Waals surface area contributed by atoms with E-state index in [1.54, 1.807) is 0 Å². The molecule has 1 saturated heterocycles. The highest BCUT2D eigenvalue weighted by Gasteiger charge is 2.25. The zero-order valence-electron chi connectivity index (χ0n) is 10.6. The molecular weight excluding hydrogens is 250 g/mol. The van der Waals surface area contributed by atoms with Crippen molar-refractivity contribution in [1.82, 2.24) is 5.32 Å². The molecule has 3 nitrogen and oxygen atoms in total. The molecule has 0 bridgehead atoms. The molecule has 0 spiro atoms. The molecule has 0 aromatic heterocycles. The van der Waals surface area contributed by atoms with Gasteiger partial charge in [0.05, 0.1) is 18.8 Å². The van der Waals surface area contributed by atoms with E-state index in [2.05, 4.69) is 5.32 Å². The lowest BCUT2D eigenvalue weighted by atomic mass is 10.0. The van der Waals surface area contributed by atoms with Gasteiger partial charge in [0.15, 0.2) is 0 Å². The molecule has 2 N–H and O–H groups in total. The van der Waals surface area contributed by atoms with E-state index in [9.17, 15) is 5.11 Å². The second kappa shape index (κ2) is 6.53. The Morgan fingerprint density at radius 3 is 2.72 bits per heavy atom. The molecule has 1 aliphatic heterocycles. The second-order valence-corrected chi connectivity index (χ2v) is 5.22. The lowest BCUT2D eigenvalue weighted by Crippen LogP contribution is -2.51. The van der Waals surface area contributed by atoms with E-state index in [-0.39, 0.29) is 12.2 Å². The summed E-state index contributed by atoms with van der Waals surface area (Å²) in [4.78, 5) is 0. The minimum absolute atomic E-state index is 0.0727. The predicted molar refractivity (Wildman–Crippen MR) is 73.0 cm³/mol. The molecule has 0 amide bonds. The summed E-state index contributed by atoms with van der Waals surface area (Å²) in [6.07, 6.45) is 1.21. The standard InChI is InChI=1S/C14H20ClNO2/c1-2-13(17)14-8-16-12(9-18-14)7-10-3-5-11(15)6-4-10/h3-6,12-14,16-17H,2,7-9H2,1H3. The quantitative estimate of drug-likeness (QED) is 0.879. The van der Waals surface area contributed by atoms with Crippen LogP contribution in [0.3, 0.4) is 0 Å². The maximum absolute atomic E-state index is 9.71. The van der Waals surface area contributed by atoms with Crippen LogP contribution >= 0.6 is 11.6 Å². The van der Waals surface area contributed by atoms with Crippen LogP contribution in [0.5, 0.6) is 0 Å². The third-order valence-corrected chi connectivity index (χ3v) is 3.61. The third kappa shape index (κ3) is 3.69. The first-order chi connectivity index (χ1) is 8.69. The number of hydrogen-bond donors (Lipinski definition) is 2. The maximum Gasteiger partial charge on any atom is 0.0958 e. The number of aliphatic hydroxyl groups is 1. The molecular formula is C14H20ClNO2. The monoisotopic (exact) mass is 269 g/mol. The molecule has 2 rings (SSSR count). The highest BCUT2D eigenvalue weighted by Crippen LogP contribution is 2.14. The van der Waals surface area contributed by atoms with Gasteiger partial charge in [0.1, 0.15) is 0 Å². The molecule has 1 aliphatic rings. The van der Waals surface area contributed by atoms with E-state index >= 15 is 0 Å². The molecule has 4 heteroatoms. The van der Waals surface area contributed by atoms with Gasteiger partial charge in [0.2, 0.25) is 0 Å². The number of ether oxygens (including phenoxy) is 1. The molecule has 18 heavy (non-hydrogen) atoms. The van der Waals surface area contributed by atoms with Crippen molar-refractivity contribution in [3.05, 3.63) is 34.9 Å². The van der Waals surface area contributed by atoms with Crippen molar-refractivity contribution in [2.45, 2.75) is 38.0 Å². The van der Waals surface area contributed by atoms with Gasteiger partial charge in [-0.1, -0.05) is 30.7 Å². The summed E-state index contributed by atoms with van der Waals surface area (Å²) in [6, 6.07) is 8.20. The van der Waals surface area contributed by atoms with E-state index in [0.29, 0.717) is 19.2 Å². The van der Waals surface area contributed by atoms with Gasteiger partial charge in [0, 0.05) is 17.6 Å². The Bertz CT molecular complexity index is 361. The summed E-state index contributed by atoms with van der Waals surface area (Å²) >= 11 is 5.86. The van der Waals surface area contributed by atoms with Crippen LogP contribution in [-0.2, 0) is 11.2 Å². The van der Waals surface area contributed by atoms with Gasteiger partial charge in [-0.3, -0.25) is 0 Å². The SMILES string of the molecule is CCC(O)C1CNC(Cc2ccc(Cl)cc2)CO1. The second-order valence-electron chi connectivity index (χ2n) is 4.78. The van der Waals surface area contributed by atoms with Crippen molar-refractivity contribution >= 4 is 11.6 Å². The minimum Gasteiger partial charge on any atom is -0.390 e. The van der Waals surface area contributed by atoms with Crippen LogP contribution in [0.4, 0.5) is 0 Å². The first-order valence-electron chi connectivity index (χ1n) is 6.46. The van der Waals surface area contributed by atoms with E-state index in [1.807, 2.05) is 31.2 Å². The lowest BCUT2D eigenvalue weighted by Gasteiger charge is -2.32. The van der Waals surface area contributed by atoms with Crippen LogP contribution in [-0.4, -0.2) is 36.5 Å². The molecule has 3 unspecified atom stereocenters. The van der Waals surface area contributed by atoms with E-state index in [1.165, 1.54) is 5.56 Å². The Balaban J connectivity index is 1.81. The normalized spacial score (nSPS) is 25.9.